The number of unbranched alkanes of at least 4 members (excludes halogenated alkanes) is 1. The number of nitrogens with one attached hydrogen (secondary N) is 2. The molecule has 0 saturated carbocycles. The Hall–Kier alpha value is -2.93. The van der Waals surface area contributed by atoms with Crippen LogP contribution in [0.4, 0.5) is 10.6 Å². The van der Waals surface area contributed by atoms with Gasteiger partial charge >= 0.3 is 0 Å². The third-order valence-electron chi connectivity index (χ3n) is 5.20. The molecule has 156 valence electrons. The summed E-state index contributed by atoms with van der Waals surface area (Å²) in [6.45, 7) is 1.62. The highest BCUT2D eigenvalue weighted by atomic mass is 32.2. The summed E-state index contributed by atoms with van der Waals surface area (Å²) in [5.41, 5.74) is 2.18. The van der Waals surface area contributed by atoms with Crippen LogP contribution in [0.25, 0.3) is 10.9 Å². The molecule has 2 N–H and O–H groups in total. The number of aromatic nitrogens is 1. The van der Waals surface area contributed by atoms with Gasteiger partial charge in [0.2, 0.25) is 5.91 Å². The summed E-state index contributed by atoms with van der Waals surface area (Å²) in [5.74, 6) is 1.74. The molecule has 0 bridgehead atoms. The fraction of sp³-hybridized carbons (Fsp3) is 0.304. The Bertz CT molecular complexity index is 999. The van der Waals surface area contributed by atoms with E-state index in [1.165, 1.54) is 5.39 Å². The molecule has 1 atom stereocenters. The van der Waals surface area contributed by atoms with Crippen molar-refractivity contribution < 1.29 is 14.3 Å². The monoisotopic (exact) mass is 423 g/mol. The van der Waals surface area contributed by atoms with Crippen molar-refractivity contribution in [3.63, 3.8) is 0 Å². The lowest BCUT2D eigenvalue weighted by Crippen LogP contribution is -2.25. The number of anilines is 1. The van der Waals surface area contributed by atoms with Gasteiger partial charge < -0.3 is 14.6 Å². The zero-order chi connectivity index (χ0) is 20.9. The fourth-order valence-electron chi connectivity index (χ4n) is 3.49. The quantitative estimate of drug-likeness (QED) is 0.500. The maximum absolute atomic E-state index is 11.7. The molecule has 7 heteroatoms. The molecule has 2 aromatic carbocycles. The van der Waals surface area contributed by atoms with E-state index < -0.39 is 0 Å². The van der Waals surface area contributed by atoms with Crippen molar-refractivity contribution in [1.82, 2.24) is 10.3 Å². The summed E-state index contributed by atoms with van der Waals surface area (Å²) in [6, 6.07) is 18.2. The Labute approximate surface area is 180 Å². The minimum atomic E-state index is -0.335. The van der Waals surface area contributed by atoms with Crippen molar-refractivity contribution in [2.75, 3.05) is 25.1 Å². The van der Waals surface area contributed by atoms with Crippen molar-refractivity contribution in [2.24, 2.45) is 0 Å². The number of imide groups is 1. The Kier molecular flexibility index (Phi) is 6.28. The molecule has 4 rings (SSSR count). The molecule has 1 unspecified atom stereocenters. The molecule has 30 heavy (non-hydrogen) atoms. The largest absolute Gasteiger partial charge is 0.494 e. The third-order valence-corrected chi connectivity index (χ3v) is 6.18. The summed E-state index contributed by atoms with van der Waals surface area (Å²) in [4.78, 5) is 28.6. The van der Waals surface area contributed by atoms with Gasteiger partial charge in [-0.25, -0.2) is 0 Å². The zero-order valence-corrected chi connectivity index (χ0v) is 17.7. The molecular formula is C23H25N3O3S. The molecule has 3 aromatic rings. The second kappa shape index (κ2) is 9.26. The topological polar surface area (TPSA) is 74.4 Å². The first-order chi connectivity index (χ1) is 14.6. The first kappa shape index (κ1) is 20.3. The van der Waals surface area contributed by atoms with Gasteiger partial charge in [0.25, 0.3) is 5.24 Å². The van der Waals surface area contributed by atoms with Crippen LogP contribution in [0.5, 0.6) is 5.75 Å². The van der Waals surface area contributed by atoms with Crippen molar-refractivity contribution >= 4 is 39.6 Å². The molecule has 1 fully saturated rings. The summed E-state index contributed by atoms with van der Waals surface area (Å²) in [5, 5.41) is 2.95. The highest BCUT2D eigenvalue weighted by Crippen LogP contribution is 2.24. The molecule has 0 radical (unpaired) electrons. The zero-order valence-electron chi connectivity index (χ0n) is 16.9. The number of hydrogen-bond acceptors (Lipinski definition) is 5. The van der Waals surface area contributed by atoms with Gasteiger partial charge in [0, 0.05) is 24.5 Å². The smallest absolute Gasteiger partial charge is 0.286 e. The number of thioether (sulfide) groups is 1. The SMILES string of the molecule is CN(CCCCOc1ccc(CC2SC(=O)NC2=O)cc1)c1cc2ccccc2[nH]1. The van der Waals surface area contributed by atoms with Gasteiger partial charge in [-0.3, -0.25) is 14.9 Å². The van der Waals surface area contributed by atoms with Crippen LogP contribution in [0.2, 0.25) is 0 Å². The number of rotatable bonds is 9. The summed E-state index contributed by atoms with van der Waals surface area (Å²) in [6.07, 6.45) is 2.54. The second-order valence-corrected chi connectivity index (χ2v) is 8.63. The van der Waals surface area contributed by atoms with Crippen molar-refractivity contribution in [3.05, 3.63) is 60.2 Å². The van der Waals surface area contributed by atoms with Crippen LogP contribution in [-0.4, -0.2) is 41.6 Å². The molecular weight excluding hydrogens is 398 g/mol. The van der Waals surface area contributed by atoms with Crippen LogP contribution in [0.1, 0.15) is 18.4 Å². The molecule has 6 nitrogen and oxygen atoms in total. The van der Waals surface area contributed by atoms with E-state index in [2.05, 4.69) is 46.5 Å². The number of hydrogen-bond donors (Lipinski definition) is 2. The summed E-state index contributed by atoms with van der Waals surface area (Å²) < 4.78 is 5.84. The number of carbonyl (C=O) groups excluding carboxylic acids is 2. The van der Waals surface area contributed by atoms with Gasteiger partial charge in [-0.15, -0.1) is 0 Å². The van der Waals surface area contributed by atoms with E-state index in [1.807, 2.05) is 30.3 Å². The fourth-order valence-corrected chi connectivity index (χ4v) is 4.35. The minimum Gasteiger partial charge on any atom is -0.494 e. The first-order valence-corrected chi connectivity index (χ1v) is 11.0. The number of aromatic amines is 1. The molecule has 1 aromatic heterocycles. The number of para-hydroxylation sites is 1. The average Bonchev–Trinajstić information content (AvgIpc) is 3.31. The number of fused-ring (bicyclic) bond motifs is 1. The first-order valence-electron chi connectivity index (χ1n) is 10.1. The molecule has 0 spiro atoms. The highest BCUT2D eigenvalue weighted by Gasteiger charge is 2.31. The summed E-state index contributed by atoms with van der Waals surface area (Å²) in [7, 11) is 2.10. The Morgan fingerprint density at radius 3 is 2.60 bits per heavy atom. The van der Waals surface area contributed by atoms with E-state index >= 15 is 0 Å². The number of nitrogens with zero attached hydrogens (tertiary/aromatic N) is 1. The average molecular weight is 424 g/mol. The van der Waals surface area contributed by atoms with Gasteiger partial charge in [-0.1, -0.05) is 42.1 Å². The Balaban J connectivity index is 1.17. The van der Waals surface area contributed by atoms with E-state index in [-0.39, 0.29) is 16.4 Å². The molecule has 1 aliphatic rings. The van der Waals surface area contributed by atoms with Crippen LogP contribution in [0, 0.1) is 0 Å². The standard InChI is InChI=1S/C23H25N3O3S/c1-26(21-15-17-6-2-3-7-19(17)24-21)12-4-5-13-29-18-10-8-16(9-11-18)14-20-22(27)25-23(28)30-20/h2-3,6-11,15,20,24H,4-5,12-14H2,1H3,(H,25,27,28). The van der Waals surface area contributed by atoms with E-state index in [0.717, 1.165) is 53.8 Å². The van der Waals surface area contributed by atoms with Gasteiger partial charge in [0.05, 0.1) is 11.9 Å². The van der Waals surface area contributed by atoms with Crippen molar-refractivity contribution in [1.29, 1.82) is 0 Å². The molecule has 1 saturated heterocycles. The van der Waals surface area contributed by atoms with Crippen LogP contribution < -0.4 is 15.0 Å². The van der Waals surface area contributed by atoms with Crippen LogP contribution >= 0.6 is 11.8 Å². The highest BCUT2D eigenvalue weighted by molar-refractivity contribution is 8.15. The second-order valence-electron chi connectivity index (χ2n) is 7.45. The lowest BCUT2D eigenvalue weighted by atomic mass is 10.1. The number of carbonyl (C=O) groups is 2. The number of benzene rings is 2. The third kappa shape index (κ3) is 4.97. The van der Waals surface area contributed by atoms with Crippen LogP contribution in [-0.2, 0) is 11.2 Å². The van der Waals surface area contributed by atoms with E-state index in [0.29, 0.717) is 13.0 Å². The maximum Gasteiger partial charge on any atom is 0.286 e. The van der Waals surface area contributed by atoms with Gasteiger partial charge in [0.15, 0.2) is 0 Å². The van der Waals surface area contributed by atoms with Crippen molar-refractivity contribution in [3.8, 4) is 5.75 Å². The Morgan fingerprint density at radius 1 is 1.07 bits per heavy atom. The van der Waals surface area contributed by atoms with Gasteiger partial charge in [-0.05, 0) is 49.1 Å². The van der Waals surface area contributed by atoms with Crippen LogP contribution in [0.15, 0.2) is 54.6 Å². The number of ether oxygens (including phenoxy) is 1. The molecule has 2 amide bonds. The molecule has 2 heterocycles. The Morgan fingerprint density at radius 2 is 1.87 bits per heavy atom. The predicted molar refractivity (Wildman–Crippen MR) is 121 cm³/mol. The predicted octanol–water partition coefficient (Wildman–Crippen LogP) is 4.36. The van der Waals surface area contributed by atoms with E-state index in [4.69, 9.17) is 4.74 Å². The minimum absolute atomic E-state index is 0.206. The summed E-state index contributed by atoms with van der Waals surface area (Å²) >= 11 is 1.06. The van der Waals surface area contributed by atoms with Crippen molar-refractivity contribution in [2.45, 2.75) is 24.5 Å². The lowest BCUT2D eigenvalue weighted by Gasteiger charge is -2.17. The van der Waals surface area contributed by atoms with Gasteiger partial charge in [-0.2, -0.15) is 0 Å². The van der Waals surface area contributed by atoms with Crippen LogP contribution in [0.3, 0.4) is 0 Å². The van der Waals surface area contributed by atoms with E-state index in [9.17, 15) is 9.59 Å². The van der Waals surface area contributed by atoms with Gasteiger partial charge in [0.1, 0.15) is 11.6 Å². The maximum atomic E-state index is 11.7. The number of H-pyrrole nitrogens is 1. The lowest BCUT2D eigenvalue weighted by molar-refractivity contribution is -0.118. The van der Waals surface area contributed by atoms with E-state index in [1.54, 1.807) is 0 Å². The molecule has 1 aliphatic heterocycles. The molecule has 0 aliphatic carbocycles. The normalized spacial score (nSPS) is 16.1. The number of amides is 2.